The number of nitrogens with zero attached hydrogens (tertiary/aromatic N) is 2. The van der Waals surface area contributed by atoms with Crippen LogP contribution in [0, 0.1) is 6.92 Å². The molecule has 0 aliphatic heterocycles. The number of nitrogens with one attached hydrogen (secondary N) is 1. The van der Waals surface area contributed by atoms with Crippen molar-refractivity contribution in [3.63, 3.8) is 0 Å². The predicted molar refractivity (Wildman–Crippen MR) is 85.0 cm³/mol. The van der Waals surface area contributed by atoms with Gasteiger partial charge in [0.15, 0.2) is 0 Å². The minimum absolute atomic E-state index is 0.149. The average Bonchev–Trinajstić information content (AvgIpc) is 2.79. The lowest BCUT2D eigenvalue weighted by Crippen LogP contribution is -2.27. The van der Waals surface area contributed by atoms with Gasteiger partial charge in [-0.05, 0) is 39.0 Å². The Labute approximate surface area is 134 Å². The highest BCUT2D eigenvalue weighted by molar-refractivity contribution is 6.36. The quantitative estimate of drug-likeness (QED) is 0.923. The standard InChI is InChI=1S/C15H17Cl2N3O/c1-4-20-8-13(10(3)19-20)9(2)18-15(21)12-6-5-11(16)7-14(12)17/h5-9H,4H2,1-3H3,(H,18,21)/t9-/m0/s1. The average molecular weight is 326 g/mol. The molecule has 0 fully saturated rings. The van der Waals surface area contributed by atoms with Crippen molar-refractivity contribution in [3.8, 4) is 0 Å². The van der Waals surface area contributed by atoms with Crippen molar-refractivity contribution >= 4 is 29.1 Å². The molecule has 0 unspecified atom stereocenters. The van der Waals surface area contributed by atoms with Crippen molar-refractivity contribution in [1.29, 1.82) is 0 Å². The highest BCUT2D eigenvalue weighted by Crippen LogP contribution is 2.22. The van der Waals surface area contributed by atoms with Crippen molar-refractivity contribution < 1.29 is 4.79 Å². The molecule has 1 aromatic heterocycles. The number of amides is 1. The molecule has 21 heavy (non-hydrogen) atoms. The second kappa shape index (κ2) is 6.50. The molecule has 0 bridgehead atoms. The van der Waals surface area contributed by atoms with Gasteiger partial charge in [-0.15, -0.1) is 0 Å². The van der Waals surface area contributed by atoms with E-state index in [-0.39, 0.29) is 11.9 Å². The highest BCUT2D eigenvalue weighted by Gasteiger charge is 2.17. The Morgan fingerprint density at radius 2 is 2.14 bits per heavy atom. The van der Waals surface area contributed by atoms with Gasteiger partial charge in [0.05, 0.1) is 22.3 Å². The lowest BCUT2D eigenvalue weighted by atomic mass is 10.1. The molecule has 6 heteroatoms. The summed E-state index contributed by atoms with van der Waals surface area (Å²) in [4.78, 5) is 12.3. The molecule has 0 spiro atoms. The van der Waals surface area contributed by atoms with E-state index in [0.717, 1.165) is 17.8 Å². The van der Waals surface area contributed by atoms with Gasteiger partial charge in [0.1, 0.15) is 0 Å². The maximum absolute atomic E-state index is 12.3. The van der Waals surface area contributed by atoms with Gasteiger partial charge in [-0.25, -0.2) is 0 Å². The minimum Gasteiger partial charge on any atom is -0.345 e. The number of rotatable bonds is 4. The van der Waals surface area contributed by atoms with E-state index < -0.39 is 0 Å². The van der Waals surface area contributed by atoms with Crippen LogP contribution >= 0.6 is 23.2 Å². The first-order chi connectivity index (χ1) is 9.92. The molecule has 2 aromatic rings. The number of hydrogen-bond donors (Lipinski definition) is 1. The van der Waals surface area contributed by atoms with Crippen LogP contribution in [0.2, 0.25) is 10.0 Å². The number of aryl methyl sites for hydroxylation is 2. The first-order valence-electron chi connectivity index (χ1n) is 6.72. The van der Waals surface area contributed by atoms with Crippen LogP contribution in [0.5, 0.6) is 0 Å². The molecular formula is C15H17Cl2N3O. The van der Waals surface area contributed by atoms with Gasteiger partial charge in [0.2, 0.25) is 0 Å². The van der Waals surface area contributed by atoms with E-state index in [2.05, 4.69) is 10.4 Å². The third kappa shape index (κ3) is 3.57. The Morgan fingerprint density at radius 1 is 1.43 bits per heavy atom. The first kappa shape index (κ1) is 15.9. The number of aromatic nitrogens is 2. The van der Waals surface area contributed by atoms with Crippen LogP contribution in [0.25, 0.3) is 0 Å². The Hall–Kier alpha value is -1.52. The zero-order chi connectivity index (χ0) is 15.6. The summed E-state index contributed by atoms with van der Waals surface area (Å²) in [7, 11) is 0. The van der Waals surface area contributed by atoms with Crippen LogP contribution in [0.4, 0.5) is 0 Å². The first-order valence-corrected chi connectivity index (χ1v) is 7.47. The smallest absolute Gasteiger partial charge is 0.253 e. The SMILES string of the molecule is CCn1cc([C@H](C)NC(=O)c2ccc(Cl)cc2Cl)c(C)n1. The molecule has 1 atom stereocenters. The van der Waals surface area contributed by atoms with E-state index in [4.69, 9.17) is 23.2 Å². The number of carbonyl (C=O) groups excluding carboxylic acids is 1. The third-order valence-electron chi connectivity index (χ3n) is 3.30. The summed E-state index contributed by atoms with van der Waals surface area (Å²) in [5.74, 6) is -0.229. The number of hydrogen-bond acceptors (Lipinski definition) is 2. The van der Waals surface area contributed by atoms with Gasteiger partial charge in [-0.2, -0.15) is 5.10 Å². The van der Waals surface area contributed by atoms with E-state index in [9.17, 15) is 4.79 Å². The topological polar surface area (TPSA) is 46.9 Å². The molecule has 0 saturated carbocycles. The van der Waals surface area contributed by atoms with Crippen LogP contribution in [-0.2, 0) is 6.54 Å². The lowest BCUT2D eigenvalue weighted by Gasteiger charge is -2.14. The molecular weight excluding hydrogens is 309 g/mol. The van der Waals surface area contributed by atoms with Gasteiger partial charge in [0, 0.05) is 23.3 Å². The number of benzene rings is 1. The van der Waals surface area contributed by atoms with E-state index in [1.807, 2.05) is 31.6 Å². The number of halogens is 2. The fourth-order valence-corrected chi connectivity index (χ4v) is 2.64. The lowest BCUT2D eigenvalue weighted by molar-refractivity contribution is 0.0940. The normalized spacial score (nSPS) is 12.2. The molecule has 0 aliphatic carbocycles. The second-order valence-electron chi connectivity index (χ2n) is 4.84. The van der Waals surface area contributed by atoms with Crippen molar-refractivity contribution in [2.75, 3.05) is 0 Å². The van der Waals surface area contributed by atoms with E-state index in [0.29, 0.717) is 15.6 Å². The zero-order valence-corrected chi connectivity index (χ0v) is 13.7. The fourth-order valence-electron chi connectivity index (χ4n) is 2.15. The minimum atomic E-state index is -0.229. The molecule has 0 saturated heterocycles. The molecule has 1 amide bonds. The van der Waals surface area contributed by atoms with Crippen LogP contribution in [0.1, 0.15) is 41.5 Å². The molecule has 1 aromatic carbocycles. The molecule has 0 aliphatic rings. The summed E-state index contributed by atoms with van der Waals surface area (Å²) in [5, 5.41) is 8.16. The van der Waals surface area contributed by atoms with E-state index >= 15 is 0 Å². The Morgan fingerprint density at radius 3 is 2.71 bits per heavy atom. The van der Waals surface area contributed by atoms with Gasteiger partial charge in [-0.3, -0.25) is 9.48 Å². The van der Waals surface area contributed by atoms with Crippen LogP contribution < -0.4 is 5.32 Å². The summed E-state index contributed by atoms with van der Waals surface area (Å²) in [6.45, 7) is 6.67. The van der Waals surface area contributed by atoms with Crippen molar-refractivity contribution in [2.45, 2.75) is 33.4 Å². The summed E-state index contributed by atoms with van der Waals surface area (Å²) < 4.78 is 1.85. The fraction of sp³-hybridized carbons (Fsp3) is 0.333. The Bertz CT molecular complexity index is 667. The summed E-state index contributed by atoms with van der Waals surface area (Å²) in [5.41, 5.74) is 2.32. The van der Waals surface area contributed by atoms with Gasteiger partial charge < -0.3 is 5.32 Å². The monoisotopic (exact) mass is 325 g/mol. The van der Waals surface area contributed by atoms with Gasteiger partial charge >= 0.3 is 0 Å². The summed E-state index contributed by atoms with van der Waals surface area (Å²) in [6.07, 6.45) is 1.95. The molecule has 1 N–H and O–H groups in total. The zero-order valence-electron chi connectivity index (χ0n) is 12.2. The van der Waals surface area contributed by atoms with Gasteiger partial charge in [-0.1, -0.05) is 23.2 Å². The third-order valence-corrected chi connectivity index (χ3v) is 3.85. The van der Waals surface area contributed by atoms with Crippen molar-refractivity contribution in [2.24, 2.45) is 0 Å². The van der Waals surface area contributed by atoms with Crippen LogP contribution in [0.15, 0.2) is 24.4 Å². The molecule has 4 nitrogen and oxygen atoms in total. The maximum Gasteiger partial charge on any atom is 0.253 e. The van der Waals surface area contributed by atoms with Gasteiger partial charge in [0.25, 0.3) is 5.91 Å². The molecule has 112 valence electrons. The maximum atomic E-state index is 12.3. The Kier molecular flexibility index (Phi) is 4.91. The molecule has 1 heterocycles. The summed E-state index contributed by atoms with van der Waals surface area (Å²) in [6, 6.07) is 4.68. The van der Waals surface area contributed by atoms with Crippen LogP contribution in [-0.4, -0.2) is 15.7 Å². The molecule has 2 rings (SSSR count). The second-order valence-corrected chi connectivity index (χ2v) is 5.69. The van der Waals surface area contributed by atoms with E-state index in [1.54, 1.807) is 18.2 Å². The van der Waals surface area contributed by atoms with E-state index in [1.165, 1.54) is 0 Å². The predicted octanol–water partition coefficient (Wildman–Crippen LogP) is 4.01. The van der Waals surface area contributed by atoms with Crippen molar-refractivity contribution in [1.82, 2.24) is 15.1 Å². The van der Waals surface area contributed by atoms with Crippen LogP contribution in [0.3, 0.4) is 0 Å². The summed E-state index contributed by atoms with van der Waals surface area (Å²) >= 11 is 11.9. The number of carbonyl (C=O) groups is 1. The highest BCUT2D eigenvalue weighted by atomic mass is 35.5. The van der Waals surface area contributed by atoms with Crippen molar-refractivity contribution in [3.05, 3.63) is 51.3 Å². The molecule has 0 radical (unpaired) electrons. The Balaban J connectivity index is 2.16. The largest absolute Gasteiger partial charge is 0.345 e.